The van der Waals surface area contributed by atoms with Gasteiger partial charge < -0.3 is 10.4 Å². The maximum absolute atomic E-state index is 13.2. The highest BCUT2D eigenvalue weighted by Gasteiger charge is 2.23. The second-order valence-electron chi connectivity index (χ2n) is 5.32. The van der Waals surface area contributed by atoms with Crippen LogP contribution < -0.4 is 5.32 Å². The van der Waals surface area contributed by atoms with Crippen molar-refractivity contribution >= 4 is 35.1 Å². The molecule has 8 heteroatoms. The van der Waals surface area contributed by atoms with Gasteiger partial charge in [0.15, 0.2) is 0 Å². The molecule has 1 atom stereocenters. The lowest BCUT2D eigenvalue weighted by molar-refractivity contribution is -0.141. The van der Waals surface area contributed by atoms with E-state index in [4.69, 9.17) is 23.2 Å². The molecule has 132 valence electrons. The van der Waals surface area contributed by atoms with Crippen molar-refractivity contribution in [3.05, 3.63) is 69.2 Å². The number of carboxylic acid groups (broad SMARTS) is 1. The fraction of sp³-hybridized carbons (Fsp3) is 0.176. The zero-order chi connectivity index (χ0) is 18.6. The molecule has 2 aromatic rings. The third-order valence-corrected chi connectivity index (χ3v) is 4.10. The normalized spacial score (nSPS) is 11.8. The van der Waals surface area contributed by atoms with Crippen LogP contribution in [-0.2, 0) is 22.4 Å². The summed E-state index contributed by atoms with van der Waals surface area (Å²) >= 11 is 12.0. The lowest BCUT2D eigenvalue weighted by Gasteiger charge is -2.16. The molecule has 2 rings (SSSR count). The Morgan fingerprint density at radius 1 is 1.08 bits per heavy atom. The van der Waals surface area contributed by atoms with Crippen LogP contribution in [0.5, 0.6) is 0 Å². The standard InChI is InChI=1S/C17H13Cl2F2NO3/c18-13-2-1-3-14(19)12(13)8-15(17(24)25)22-16(23)6-9-4-10(20)7-11(21)5-9/h1-5,7,15H,6,8H2,(H,22,23)(H,24,25)/t15-/m0/s1. The Labute approximate surface area is 152 Å². The SMILES string of the molecule is O=C(Cc1cc(F)cc(F)c1)N[C@@H](Cc1c(Cl)cccc1Cl)C(=O)O. The second kappa shape index (κ2) is 8.27. The van der Waals surface area contributed by atoms with E-state index < -0.39 is 29.6 Å². The van der Waals surface area contributed by atoms with Crippen LogP contribution in [0.3, 0.4) is 0 Å². The van der Waals surface area contributed by atoms with Crippen molar-refractivity contribution in [3.63, 3.8) is 0 Å². The number of carboxylic acids is 1. The molecule has 0 bridgehead atoms. The number of aliphatic carboxylic acids is 1. The quantitative estimate of drug-likeness (QED) is 0.795. The Hall–Kier alpha value is -2.18. The largest absolute Gasteiger partial charge is 0.480 e. The van der Waals surface area contributed by atoms with E-state index in [0.717, 1.165) is 12.1 Å². The van der Waals surface area contributed by atoms with Gasteiger partial charge >= 0.3 is 5.97 Å². The molecule has 1 amide bonds. The Bertz CT molecular complexity index is 774. The lowest BCUT2D eigenvalue weighted by Crippen LogP contribution is -2.43. The van der Waals surface area contributed by atoms with Crippen LogP contribution in [0.1, 0.15) is 11.1 Å². The van der Waals surface area contributed by atoms with Crippen LogP contribution in [0.4, 0.5) is 8.78 Å². The molecule has 0 aromatic heterocycles. The van der Waals surface area contributed by atoms with Crippen LogP contribution in [0.15, 0.2) is 36.4 Å². The highest BCUT2D eigenvalue weighted by Crippen LogP contribution is 2.25. The van der Waals surface area contributed by atoms with Gasteiger partial charge in [-0.1, -0.05) is 29.3 Å². The molecule has 0 saturated heterocycles. The number of benzene rings is 2. The first-order valence-corrected chi connectivity index (χ1v) is 7.92. The first kappa shape index (κ1) is 19.1. The van der Waals surface area contributed by atoms with Gasteiger partial charge in [0.2, 0.25) is 5.91 Å². The fourth-order valence-electron chi connectivity index (χ4n) is 2.28. The highest BCUT2D eigenvalue weighted by atomic mass is 35.5. The van der Waals surface area contributed by atoms with Gasteiger partial charge in [-0.3, -0.25) is 4.79 Å². The van der Waals surface area contributed by atoms with Crippen molar-refractivity contribution in [2.45, 2.75) is 18.9 Å². The summed E-state index contributed by atoms with van der Waals surface area (Å²) in [5, 5.41) is 12.2. The second-order valence-corrected chi connectivity index (χ2v) is 6.13. The molecule has 0 aliphatic rings. The van der Waals surface area contributed by atoms with Gasteiger partial charge in [0.25, 0.3) is 0 Å². The van der Waals surface area contributed by atoms with Gasteiger partial charge in [-0.05, 0) is 35.4 Å². The van der Waals surface area contributed by atoms with Gasteiger partial charge in [-0.2, -0.15) is 0 Å². The van der Waals surface area contributed by atoms with Crippen molar-refractivity contribution in [1.29, 1.82) is 0 Å². The van der Waals surface area contributed by atoms with Gasteiger partial charge in [0.05, 0.1) is 6.42 Å². The maximum atomic E-state index is 13.2. The molecule has 0 heterocycles. The Kier molecular flexibility index (Phi) is 6.33. The van der Waals surface area contributed by atoms with E-state index in [1.807, 2.05) is 0 Å². The van der Waals surface area contributed by atoms with E-state index in [1.54, 1.807) is 18.2 Å². The molecule has 0 saturated carbocycles. The van der Waals surface area contributed by atoms with E-state index in [9.17, 15) is 23.5 Å². The molecule has 0 aliphatic carbocycles. The van der Waals surface area contributed by atoms with Crippen LogP contribution >= 0.6 is 23.2 Å². The first-order chi connectivity index (χ1) is 11.8. The molecular weight excluding hydrogens is 375 g/mol. The fourth-order valence-corrected chi connectivity index (χ4v) is 2.83. The number of nitrogens with one attached hydrogen (secondary N) is 1. The molecule has 0 aliphatic heterocycles. The first-order valence-electron chi connectivity index (χ1n) is 7.16. The molecule has 4 nitrogen and oxygen atoms in total. The van der Waals surface area contributed by atoms with E-state index in [0.29, 0.717) is 11.6 Å². The van der Waals surface area contributed by atoms with E-state index in [1.165, 1.54) is 0 Å². The monoisotopic (exact) mass is 387 g/mol. The molecule has 2 aromatic carbocycles. The van der Waals surface area contributed by atoms with Gasteiger partial charge in [-0.15, -0.1) is 0 Å². The summed E-state index contributed by atoms with van der Waals surface area (Å²) in [7, 11) is 0. The number of hydrogen-bond donors (Lipinski definition) is 2. The number of hydrogen-bond acceptors (Lipinski definition) is 2. The van der Waals surface area contributed by atoms with Crippen molar-refractivity contribution in [2.24, 2.45) is 0 Å². The van der Waals surface area contributed by atoms with E-state index in [2.05, 4.69) is 5.32 Å². The van der Waals surface area contributed by atoms with E-state index in [-0.39, 0.29) is 28.5 Å². The summed E-state index contributed by atoms with van der Waals surface area (Å²) in [4.78, 5) is 23.4. The Balaban J connectivity index is 2.11. The maximum Gasteiger partial charge on any atom is 0.326 e. The number of amides is 1. The molecule has 0 unspecified atom stereocenters. The topological polar surface area (TPSA) is 66.4 Å². The molecule has 25 heavy (non-hydrogen) atoms. The smallest absolute Gasteiger partial charge is 0.326 e. The molecule has 0 radical (unpaired) electrons. The van der Waals surface area contributed by atoms with Crippen molar-refractivity contribution < 1.29 is 23.5 Å². The van der Waals surface area contributed by atoms with E-state index >= 15 is 0 Å². The number of carbonyl (C=O) groups is 2. The Morgan fingerprint density at radius 2 is 1.64 bits per heavy atom. The molecule has 0 fully saturated rings. The van der Waals surface area contributed by atoms with Crippen LogP contribution in [0, 0.1) is 11.6 Å². The summed E-state index contributed by atoms with van der Waals surface area (Å²) in [5.74, 6) is -3.61. The van der Waals surface area contributed by atoms with Gasteiger partial charge in [0, 0.05) is 22.5 Å². The van der Waals surface area contributed by atoms with Crippen molar-refractivity contribution in [3.8, 4) is 0 Å². The number of rotatable bonds is 6. The predicted molar refractivity (Wildman–Crippen MR) is 89.8 cm³/mol. The zero-order valence-corrected chi connectivity index (χ0v) is 14.2. The average Bonchev–Trinajstić information content (AvgIpc) is 2.48. The van der Waals surface area contributed by atoms with Crippen LogP contribution in [-0.4, -0.2) is 23.0 Å². The molecule has 2 N–H and O–H groups in total. The minimum atomic E-state index is -1.29. The van der Waals surface area contributed by atoms with Gasteiger partial charge in [0.1, 0.15) is 17.7 Å². The number of carbonyl (C=O) groups excluding carboxylic acids is 1. The van der Waals surface area contributed by atoms with Crippen molar-refractivity contribution in [1.82, 2.24) is 5.32 Å². The molecular formula is C17H13Cl2F2NO3. The van der Waals surface area contributed by atoms with Crippen molar-refractivity contribution in [2.75, 3.05) is 0 Å². The third kappa shape index (κ3) is 5.41. The summed E-state index contributed by atoms with van der Waals surface area (Å²) < 4.78 is 26.3. The summed E-state index contributed by atoms with van der Waals surface area (Å²) in [6.45, 7) is 0. The van der Waals surface area contributed by atoms with Gasteiger partial charge in [-0.25, -0.2) is 13.6 Å². The minimum Gasteiger partial charge on any atom is -0.480 e. The minimum absolute atomic E-state index is 0.0925. The van der Waals surface area contributed by atoms with Crippen LogP contribution in [0.25, 0.3) is 0 Å². The third-order valence-electron chi connectivity index (χ3n) is 3.39. The predicted octanol–water partition coefficient (Wildman–Crippen LogP) is 3.63. The summed E-state index contributed by atoms with van der Waals surface area (Å²) in [6.07, 6.45) is -0.494. The number of halogens is 4. The Morgan fingerprint density at radius 3 is 2.16 bits per heavy atom. The van der Waals surface area contributed by atoms with Crippen LogP contribution in [0.2, 0.25) is 10.0 Å². The summed E-state index contributed by atoms with van der Waals surface area (Å²) in [6, 6.07) is 6.12. The molecule has 0 spiro atoms. The average molecular weight is 388 g/mol. The highest BCUT2D eigenvalue weighted by molar-refractivity contribution is 6.36. The zero-order valence-electron chi connectivity index (χ0n) is 12.7. The summed E-state index contributed by atoms with van der Waals surface area (Å²) in [5.41, 5.74) is 0.477. The lowest BCUT2D eigenvalue weighted by atomic mass is 10.0.